The first-order chi connectivity index (χ1) is 29.6. The number of benzene rings is 7. The van der Waals surface area contributed by atoms with Gasteiger partial charge in [-0.3, -0.25) is 0 Å². The molecule has 0 bridgehead atoms. The summed E-state index contributed by atoms with van der Waals surface area (Å²) in [6, 6.07) is 53.0. The topological polar surface area (TPSA) is 43.9 Å². The highest BCUT2D eigenvalue weighted by Gasteiger charge is 2.18. The maximum absolute atomic E-state index is 6.42. The lowest BCUT2D eigenvalue weighted by atomic mass is 10.0. The zero-order valence-corrected chi connectivity index (χ0v) is 35.6. The molecule has 0 saturated carbocycles. The van der Waals surface area contributed by atoms with Crippen molar-refractivity contribution in [2.45, 2.75) is 41.5 Å². The molecule has 0 aliphatic carbocycles. The van der Waals surface area contributed by atoms with Crippen LogP contribution < -0.4 is 0 Å². The Kier molecular flexibility index (Phi) is 14.4. The Balaban J connectivity index is 0.000000381. The fourth-order valence-electron chi connectivity index (χ4n) is 7.26. The van der Waals surface area contributed by atoms with Crippen LogP contribution in [0.5, 0.6) is 0 Å². The molecule has 298 valence electrons. The second-order valence-corrected chi connectivity index (χ2v) is 13.6. The molecule has 0 N–H and O–H groups in total. The number of fused-ring (bicyclic) bond motifs is 9. The third kappa shape index (κ3) is 8.60. The van der Waals surface area contributed by atoms with Crippen LogP contribution in [0.2, 0.25) is 0 Å². The van der Waals surface area contributed by atoms with Crippen molar-refractivity contribution in [3.63, 3.8) is 0 Å². The predicted molar refractivity (Wildman–Crippen MR) is 262 cm³/mol. The van der Waals surface area contributed by atoms with Crippen molar-refractivity contribution >= 4 is 65.4 Å². The third-order valence-electron chi connectivity index (χ3n) is 9.87. The lowest BCUT2D eigenvalue weighted by Gasteiger charge is -2.11. The van der Waals surface area contributed by atoms with Gasteiger partial charge in [0.05, 0.1) is 22.2 Å². The summed E-state index contributed by atoms with van der Waals surface area (Å²) in [5.41, 5.74) is 8.86. The van der Waals surface area contributed by atoms with E-state index < -0.39 is 0 Å². The monoisotopic (exact) mass is 783 g/mol. The molecule has 0 fully saturated rings. The minimum absolute atomic E-state index is 0.682. The van der Waals surface area contributed by atoms with Gasteiger partial charge < -0.3 is 8.98 Å². The molecule has 4 nitrogen and oxygen atoms in total. The number of furan rings is 1. The van der Waals surface area contributed by atoms with Crippen molar-refractivity contribution in [3.05, 3.63) is 201 Å². The fraction of sp³-hybridized carbons (Fsp3) is 0.107. The van der Waals surface area contributed by atoms with E-state index in [1.165, 1.54) is 32.6 Å². The van der Waals surface area contributed by atoms with Crippen LogP contribution in [-0.4, -0.2) is 14.5 Å². The Hall–Kier alpha value is -7.30. The minimum atomic E-state index is 0.682. The quantitative estimate of drug-likeness (QED) is 0.132. The van der Waals surface area contributed by atoms with E-state index in [9.17, 15) is 0 Å². The molecule has 0 aliphatic rings. The molecule has 0 amide bonds. The number of aromatic nitrogens is 3. The van der Waals surface area contributed by atoms with Gasteiger partial charge in [0, 0.05) is 43.7 Å². The highest BCUT2D eigenvalue weighted by Crippen LogP contribution is 2.39. The van der Waals surface area contributed by atoms with Crippen LogP contribution in [0.25, 0.3) is 93.8 Å². The SMILES string of the molecule is C/C=C\C.C=C/C=C\C.C=CC.CC.c1ccc2c(c1)ccc1c2c2ccccc2n1-c1ccc(-c2nc(-c3cccc4c3oc3ccccc34)c3ccccc3n2)cc1. The maximum atomic E-state index is 6.42. The molecular formula is C56H53N3O. The Labute approximate surface area is 354 Å². The summed E-state index contributed by atoms with van der Waals surface area (Å²) in [7, 11) is 0. The summed E-state index contributed by atoms with van der Waals surface area (Å²) < 4.78 is 8.78. The molecular weight excluding hydrogens is 731 g/mol. The zero-order valence-electron chi connectivity index (χ0n) is 35.6. The van der Waals surface area contributed by atoms with Crippen molar-refractivity contribution < 1.29 is 4.42 Å². The van der Waals surface area contributed by atoms with E-state index in [-0.39, 0.29) is 0 Å². The average Bonchev–Trinajstić information content (AvgIpc) is 3.87. The number of rotatable bonds is 4. The van der Waals surface area contributed by atoms with Gasteiger partial charge in [-0.25, -0.2) is 9.97 Å². The van der Waals surface area contributed by atoms with Gasteiger partial charge in [-0.1, -0.05) is 154 Å². The van der Waals surface area contributed by atoms with Crippen LogP contribution in [0.15, 0.2) is 206 Å². The highest BCUT2D eigenvalue weighted by molar-refractivity contribution is 6.21. The minimum Gasteiger partial charge on any atom is -0.455 e. The van der Waals surface area contributed by atoms with E-state index in [2.05, 4.69) is 139 Å². The van der Waals surface area contributed by atoms with Crippen molar-refractivity contribution in [1.29, 1.82) is 0 Å². The third-order valence-corrected chi connectivity index (χ3v) is 9.87. The Morgan fingerprint density at radius 2 is 1.15 bits per heavy atom. The summed E-state index contributed by atoms with van der Waals surface area (Å²) >= 11 is 0. The van der Waals surface area contributed by atoms with Gasteiger partial charge in [0.25, 0.3) is 0 Å². The largest absolute Gasteiger partial charge is 0.455 e. The van der Waals surface area contributed by atoms with Crippen LogP contribution >= 0.6 is 0 Å². The summed E-state index contributed by atoms with van der Waals surface area (Å²) in [5, 5.41) is 8.22. The number of allylic oxidation sites excluding steroid dienone is 6. The van der Waals surface area contributed by atoms with Crippen LogP contribution in [0.4, 0.5) is 0 Å². The first-order valence-electron chi connectivity index (χ1n) is 20.6. The smallest absolute Gasteiger partial charge is 0.160 e. The number of hydrogen-bond donors (Lipinski definition) is 0. The fourth-order valence-corrected chi connectivity index (χ4v) is 7.26. The van der Waals surface area contributed by atoms with Crippen molar-refractivity contribution in [1.82, 2.24) is 14.5 Å². The molecule has 0 radical (unpaired) electrons. The lowest BCUT2D eigenvalue weighted by Crippen LogP contribution is -1.97. The van der Waals surface area contributed by atoms with Crippen LogP contribution in [0, 0.1) is 0 Å². The molecule has 3 aromatic heterocycles. The standard InChI is InChI=1S/C42H25N3O.C5H8.C4H8.C3H6.C2H6/c1-2-11-29-26(10-1)22-25-37-39(29)33-14-4-7-18-36(33)45(37)28-23-20-27(21-24-28)42-43-35-17-6-3-13-32(35)40(44-42)34-16-9-15-31-30-12-5-8-19-38(30)46-41(31)34;1-3-5-4-2;1-3-4-2;1-3-2;1-2/h1-25H;3-5H,1H2,2H3;3-4H,1-2H3;3H,1H2,2H3;1-2H3/b;5-4-;4-3-;;. The van der Waals surface area contributed by atoms with Crippen LogP contribution in [0.1, 0.15) is 41.5 Å². The molecule has 0 atom stereocenters. The second kappa shape index (κ2) is 20.4. The Morgan fingerprint density at radius 3 is 1.83 bits per heavy atom. The lowest BCUT2D eigenvalue weighted by molar-refractivity contribution is 0.670. The van der Waals surface area contributed by atoms with E-state index in [1.807, 2.05) is 96.2 Å². The van der Waals surface area contributed by atoms with Gasteiger partial charge in [-0.05, 0) is 93.1 Å². The first kappa shape index (κ1) is 42.3. The van der Waals surface area contributed by atoms with Gasteiger partial charge in [0.2, 0.25) is 0 Å². The molecule has 4 heteroatoms. The van der Waals surface area contributed by atoms with Crippen molar-refractivity contribution in [2.75, 3.05) is 0 Å². The molecule has 3 heterocycles. The molecule has 0 aliphatic heterocycles. The van der Waals surface area contributed by atoms with E-state index in [1.54, 1.807) is 12.2 Å². The van der Waals surface area contributed by atoms with Crippen LogP contribution in [-0.2, 0) is 0 Å². The Morgan fingerprint density at radius 1 is 0.533 bits per heavy atom. The summed E-state index contributed by atoms with van der Waals surface area (Å²) in [6.45, 7) is 18.7. The van der Waals surface area contributed by atoms with E-state index in [0.29, 0.717) is 5.82 Å². The molecule has 0 unspecified atom stereocenters. The maximum Gasteiger partial charge on any atom is 0.160 e. The van der Waals surface area contributed by atoms with Crippen molar-refractivity contribution in [3.8, 4) is 28.3 Å². The highest BCUT2D eigenvalue weighted by atomic mass is 16.3. The summed E-state index contributed by atoms with van der Waals surface area (Å²) in [4.78, 5) is 10.2. The predicted octanol–water partition coefficient (Wildman–Crippen LogP) is 16.7. The van der Waals surface area contributed by atoms with E-state index >= 15 is 0 Å². The summed E-state index contributed by atoms with van der Waals surface area (Å²) in [5.74, 6) is 0.682. The molecule has 60 heavy (non-hydrogen) atoms. The number of nitrogens with zero attached hydrogens (tertiary/aromatic N) is 3. The van der Waals surface area contributed by atoms with Gasteiger partial charge in [-0.15, -0.1) is 6.58 Å². The second-order valence-electron chi connectivity index (χ2n) is 13.6. The van der Waals surface area contributed by atoms with Gasteiger partial charge in [-0.2, -0.15) is 0 Å². The molecule has 10 aromatic rings. The molecule has 0 saturated heterocycles. The zero-order chi connectivity index (χ0) is 42.4. The van der Waals surface area contributed by atoms with Crippen molar-refractivity contribution in [2.24, 2.45) is 0 Å². The molecule has 0 spiro atoms. The summed E-state index contributed by atoms with van der Waals surface area (Å²) in [6.07, 6.45) is 11.3. The van der Waals surface area contributed by atoms with Gasteiger partial charge in [0.15, 0.2) is 5.82 Å². The van der Waals surface area contributed by atoms with Gasteiger partial charge in [0.1, 0.15) is 11.2 Å². The van der Waals surface area contributed by atoms with E-state index in [4.69, 9.17) is 14.4 Å². The Bertz CT molecular complexity index is 3080. The number of para-hydroxylation sites is 4. The van der Waals surface area contributed by atoms with E-state index in [0.717, 1.165) is 55.3 Å². The average molecular weight is 784 g/mol. The number of hydrogen-bond acceptors (Lipinski definition) is 3. The first-order valence-corrected chi connectivity index (χ1v) is 20.6. The van der Waals surface area contributed by atoms with Crippen LogP contribution in [0.3, 0.4) is 0 Å². The molecule has 10 rings (SSSR count). The molecule has 7 aromatic carbocycles. The normalized spacial score (nSPS) is 10.8. The van der Waals surface area contributed by atoms with Gasteiger partial charge >= 0.3 is 0 Å².